The van der Waals surface area contributed by atoms with Crippen LogP contribution in [0.25, 0.3) is 0 Å². The van der Waals surface area contributed by atoms with Gasteiger partial charge in [0, 0.05) is 6.42 Å². The number of carboxylic acids is 1. The highest BCUT2D eigenvalue weighted by Crippen LogP contribution is 2.31. The van der Waals surface area contributed by atoms with Crippen LogP contribution in [0.3, 0.4) is 0 Å². The Morgan fingerprint density at radius 1 is 1.57 bits per heavy atom. The fraction of sp³-hybridized carbons (Fsp3) is 0.727. The van der Waals surface area contributed by atoms with Gasteiger partial charge >= 0.3 is 5.97 Å². The van der Waals surface area contributed by atoms with Gasteiger partial charge in [0.2, 0.25) is 0 Å². The van der Waals surface area contributed by atoms with Crippen molar-refractivity contribution in [3.05, 3.63) is 11.3 Å². The lowest BCUT2D eigenvalue weighted by Gasteiger charge is -2.22. The van der Waals surface area contributed by atoms with Crippen LogP contribution in [-0.2, 0) is 4.79 Å². The average Bonchev–Trinajstić information content (AvgIpc) is 2.16. The van der Waals surface area contributed by atoms with Crippen molar-refractivity contribution in [2.45, 2.75) is 45.4 Å². The Morgan fingerprint density at radius 2 is 2.29 bits per heavy atom. The number of carbonyl (C=O) groups is 1. The van der Waals surface area contributed by atoms with Gasteiger partial charge in [0.25, 0.3) is 0 Å². The highest BCUT2D eigenvalue weighted by Gasteiger charge is 2.24. The first-order chi connectivity index (χ1) is 6.65. The highest BCUT2D eigenvalue weighted by atomic mass is 16.4. The number of hydrogen-bond donors (Lipinski definition) is 2. The molecule has 3 nitrogen and oxygen atoms in total. The van der Waals surface area contributed by atoms with Crippen LogP contribution < -0.4 is 0 Å². The van der Waals surface area contributed by atoms with Crippen molar-refractivity contribution in [2.24, 2.45) is 5.92 Å². The van der Waals surface area contributed by atoms with Crippen LogP contribution in [-0.4, -0.2) is 16.2 Å². The zero-order valence-corrected chi connectivity index (χ0v) is 8.62. The molecular formula is C11H18O3. The van der Waals surface area contributed by atoms with Gasteiger partial charge in [0.1, 0.15) is 5.76 Å². The van der Waals surface area contributed by atoms with E-state index in [1.54, 1.807) is 0 Å². The summed E-state index contributed by atoms with van der Waals surface area (Å²) in [6.45, 7) is 2.13. The molecule has 1 aliphatic rings. The number of allylic oxidation sites excluding steroid dienone is 1. The Balaban J connectivity index is 2.54. The first-order valence-electron chi connectivity index (χ1n) is 5.29. The van der Waals surface area contributed by atoms with Gasteiger partial charge in [-0.25, -0.2) is 4.79 Å². The van der Waals surface area contributed by atoms with Gasteiger partial charge in [-0.1, -0.05) is 26.2 Å². The van der Waals surface area contributed by atoms with E-state index in [0.717, 1.165) is 25.7 Å². The average molecular weight is 198 g/mol. The Kier molecular flexibility index (Phi) is 3.98. The molecule has 0 fully saturated rings. The van der Waals surface area contributed by atoms with E-state index in [9.17, 15) is 9.90 Å². The van der Waals surface area contributed by atoms with E-state index in [1.165, 1.54) is 0 Å². The third kappa shape index (κ3) is 2.76. The van der Waals surface area contributed by atoms with Gasteiger partial charge in [-0.3, -0.25) is 0 Å². The molecule has 0 aromatic heterocycles. The third-order valence-electron chi connectivity index (χ3n) is 2.85. The highest BCUT2D eigenvalue weighted by molar-refractivity contribution is 5.87. The molecule has 1 atom stereocenters. The maximum atomic E-state index is 10.8. The van der Waals surface area contributed by atoms with E-state index in [-0.39, 0.29) is 11.3 Å². The second-order valence-electron chi connectivity index (χ2n) is 3.98. The number of aliphatic carboxylic acids is 1. The van der Waals surface area contributed by atoms with Gasteiger partial charge in [0.05, 0.1) is 5.57 Å². The summed E-state index contributed by atoms with van der Waals surface area (Å²) in [6.07, 6.45) is 5.40. The molecule has 0 saturated heterocycles. The molecule has 0 bridgehead atoms. The van der Waals surface area contributed by atoms with Crippen LogP contribution in [0.15, 0.2) is 11.3 Å². The molecule has 0 heterocycles. The molecule has 2 N–H and O–H groups in total. The zero-order valence-electron chi connectivity index (χ0n) is 8.62. The minimum absolute atomic E-state index is 0.0882. The fourth-order valence-electron chi connectivity index (χ4n) is 1.95. The number of unbranched alkanes of at least 4 members (excludes halogenated alkanes) is 1. The maximum Gasteiger partial charge on any atom is 0.334 e. The number of rotatable bonds is 4. The summed E-state index contributed by atoms with van der Waals surface area (Å²) in [4.78, 5) is 10.8. The lowest BCUT2D eigenvalue weighted by molar-refractivity contribution is -0.133. The van der Waals surface area contributed by atoms with Crippen LogP contribution in [0.5, 0.6) is 0 Å². The molecule has 1 aliphatic carbocycles. The molecule has 0 spiro atoms. The first-order valence-corrected chi connectivity index (χ1v) is 5.29. The summed E-state index contributed by atoms with van der Waals surface area (Å²) >= 11 is 0. The van der Waals surface area contributed by atoms with Crippen molar-refractivity contribution in [1.29, 1.82) is 0 Å². The zero-order chi connectivity index (χ0) is 10.6. The molecule has 0 aromatic rings. The minimum atomic E-state index is -0.955. The topological polar surface area (TPSA) is 57.5 Å². The predicted octanol–water partition coefficient (Wildman–Crippen LogP) is 2.87. The van der Waals surface area contributed by atoms with Crippen LogP contribution in [0.4, 0.5) is 0 Å². The van der Waals surface area contributed by atoms with Crippen molar-refractivity contribution in [1.82, 2.24) is 0 Å². The first kappa shape index (κ1) is 11.1. The Bertz CT molecular complexity index is 243. The minimum Gasteiger partial charge on any atom is -0.512 e. The van der Waals surface area contributed by atoms with Crippen molar-refractivity contribution < 1.29 is 15.0 Å². The lowest BCUT2D eigenvalue weighted by atomic mass is 9.84. The molecule has 1 rings (SSSR count). The fourth-order valence-corrected chi connectivity index (χ4v) is 1.95. The Morgan fingerprint density at radius 3 is 2.86 bits per heavy atom. The van der Waals surface area contributed by atoms with E-state index in [1.807, 2.05) is 0 Å². The largest absolute Gasteiger partial charge is 0.512 e. The Hall–Kier alpha value is -0.990. The van der Waals surface area contributed by atoms with E-state index < -0.39 is 5.97 Å². The molecule has 0 saturated carbocycles. The molecule has 0 amide bonds. The van der Waals surface area contributed by atoms with Crippen LogP contribution in [0, 0.1) is 5.92 Å². The molecule has 0 aliphatic heterocycles. The number of hydrogen-bond acceptors (Lipinski definition) is 2. The second kappa shape index (κ2) is 5.03. The monoisotopic (exact) mass is 198 g/mol. The smallest absolute Gasteiger partial charge is 0.334 e. The van der Waals surface area contributed by atoms with Crippen LogP contribution in [0.2, 0.25) is 0 Å². The predicted molar refractivity (Wildman–Crippen MR) is 54.2 cm³/mol. The quantitative estimate of drug-likeness (QED) is 0.730. The summed E-state index contributed by atoms with van der Waals surface area (Å²) in [5.41, 5.74) is 0.234. The lowest BCUT2D eigenvalue weighted by Crippen LogP contribution is -2.16. The van der Waals surface area contributed by atoms with Crippen molar-refractivity contribution in [2.75, 3.05) is 0 Å². The molecule has 80 valence electrons. The van der Waals surface area contributed by atoms with Crippen molar-refractivity contribution in [3.63, 3.8) is 0 Å². The molecule has 0 aromatic carbocycles. The second-order valence-corrected chi connectivity index (χ2v) is 3.98. The van der Waals surface area contributed by atoms with Crippen molar-refractivity contribution in [3.8, 4) is 0 Å². The third-order valence-corrected chi connectivity index (χ3v) is 2.85. The van der Waals surface area contributed by atoms with Gasteiger partial charge < -0.3 is 10.2 Å². The molecule has 3 heteroatoms. The summed E-state index contributed by atoms with van der Waals surface area (Å²) in [5, 5.41) is 18.2. The number of aliphatic hydroxyl groups is 1. The number of carboxylic acid groups (broad SMARTS) is 1. The molecule has 1 unspecified atom stereocenters. The van der Waals surface area contributed by atoms with Crippen LogP contribution >= 0.6 is 0 Å². The van der Waals surface area contributed by atoms with E-state index in [2.05, 4.69) is 6.92 Å². The van der Waals surface area contributed by atoms with E-state index >= 15 is 0 Å². The molecule has 14 heavy (non-hydrogen) atoms. The summed E-state index contributed by atoms with van der Waals surface area (Å²) < 4.78 is 0. The van der Waals surface area contributed by atoms with Crippen LogP contribution in [0.1, 0.15) is 45.4 Å². The van der Waals surface area contributed by atoms with E-state index in [0.29, 0.717) is 18.8 Å². The standard InChI is InChI=1S/C11H18O3/c1-2-3-4-8-5-6-10(12)9(7-8)11(13)14/h8,12H,2-7H2,1H3,(H,13,14). The van der Waals surface area contributed by atoms with Crippen molar-refractivity contribution >= 4 is 5.97 Å². The molecular weight excluding hydrogens is 180 g/mol. The Labute approximate surface area is 84.4 Å². The van der Waals surface area contributed by atoms with Gasteiger partial charge in [0.15, 0.2) is 0 Å². The van der Waals surface area contributed by atoms with E-state index in [4.69, 9.17) is 5.11 Å². The summed E-state index contributed by atoms with van der Waals surface area (Å²) in [6, 6.07) is 0. The SMILES string of the molecule is CCCCC1CCC(O)=C(C(=O)O)C1. The van der Waals surface area contributed by atoms with Gasteiger partial charge in [-0.15, -0.1) is 0 Å². The summed E-state index contributed by atoms with van der Waals surface area (Å²) in [7, 11) is 0. The number of aliphatic hydroxyl groups excluding tert-OH is 1. The van der Waals surface area contributed by atoms with Gasteiger partial charge in [-0.05, 0) is 18.8 Å². The molecule has 0 radical (unpaired) electrons. The summed E-state index contributed by atoms with van der Waals surface area (Å²) in [5.74, 6) is -0.411. The normalized spacial score (nSPS) is 22.5. The maximum absolute atomic E-state index is 10.8. The van der Waals surface area contributed by atoms with Gasteiger partial charge in [-0.2, -0.15) is 0 Å².